The van der Waals surface area contributed by atoms with Crippen LogP contribution in [-0.2, 0) is 0 Å². The summed E-state index contributed by atoms with van der Waals surface area (Å²) in [6, 6.07) is 6.63. The van der Waals surface area contributed by atoms with Crippen molar-refractivity contribution in [3.05, 3.63) is 50.9 Å². The molecule has 84 valence electrons. The Morgan fingerprint density at radius 1 is 1.25 bits per heavy atom. The molecular formula is C14H15BrS. The standard InChI is InChI=1S/C14H15BrS/c1-10-7-8-13(11(2)9-10)16-14-6-4-3-5-12(14)15/h4,6-9H,3,5H2,1-2H3. The average molecular weight is 295 g/mol. The van der Waals surface area contributed by atoms with Crippen LogP contribution < -0.4 is 0 Å². The summed E-state index contributed by atoms with van der Waals surface area (Å²) in [5.74, 6) is 0. The van der Waals surface area contributed by atoms with Gasteiger partial charge in [-0.1, -0.05) is 57.5 Å². The molecule has 2 rings (SSSR count). The van der Waals surface area contributed by atoms with Crippen LogP contribution >= 0.6 is 27.7 Å². The van der Waals surface area contributed by atoms with Gasteiger partial charge in [0.05, 0.1) is 0 Å². The molecule has 0 spiro atoms. The first-order chi connectivity index (χ1) is 7.66. The van der Waals surface area contributed by atoms with Gasteiger partial charge in [-0.15, -0.1) is 0 Å². The van der Waals surface area contributed by atoms with E-state index in [1.807, 2.05) is 11.8 Å². The second-order valence-electron chi connectivity index (χ2n) is 4.08. The second-order valence-corrected chi connectivity index (χ2v) is 6.12. The monoisotopic (exact) mass is 294 g/mol. The van der Waals surface area contributed by atoms with Crippen LogP contribution in [0.2, 0.25) is 0 Å². The quantitative estimate of drug-likeness (QED) is 0.708. The van der Waals surface area contributed by atoms with Gasteiger partial charge >= 0.3 is 0 Å². The zero-order chi connectivity index (χ0) is 11.5. The van der Waals surface area contributed by atoms with Crippen molar-refractivity contribution >= 4 is 27.7 Å². The summed E-state index contributed by atoms with van der Waals surface area (Å²) in [6.45, 7) is 4.31. The van der Waals surface area contributed by atoms with Gasteiger partial charge in [0.2, 0.25) is 0 Å². The molecule has 0 unspecified atom stereocenters. The van der Waals surface area contributed by atoms with Gasteiger partial charge < -0.3 is 0 Å². The highest BCUT2D eigenvalue weighted by Gasteiger charge is 2.08. The first kappa shape index (κ1) is 12.0. The SMILES string of the molecule is Cc1ccc(SC2=C(Br)CCC=C2)c(C)c1. The summed E-state index contributed by atoms with van der Waals surface area (Å²) in [5, 5.41) is 0. The third-order valence-corrected chi connectivity index (χ3v) is 4.98. The highest BCUT2D eigenvalue weighted by molar-refractivity contribution is 9.11. The molecule has 1 aliphatic carbocycles. The van der Waals surface area contributed by atoms with Gasteiger partial charge in [-0.25, -0.2) is 0 Å². The number of hydrogen-bond donors (Lipinski definition) is 0. The minimum absolute atomic E-state index is 1.13. The van der Waals surface area contributed by atoms with E-state index in [9.17, 15) is 0 Å². The largest absolute Gasteiger partial charge is 0.0890 e. The molecule has 0 saturated carbocycles. The zero-order valence-corrected chi connectivity index (χ0v) is 12.0. The van der Waals surface area contributed by atoms with Crippen molar-refractivity contribution in [2.75, 3.05) is 0 Å². The summed E-state index contributed by atoms with van der Waals surface area (Å²) in [5.41, 5.74) is 2.69. The first-order valence-electron chi connectivity index (χ1n) is 5.47. The van der Waals surface area contributed by atoms with E-state index in [2.05, 4.69) is 60.1 Å². The maximum atomic E-state index is 3.66. The first-order valence-corrected chi connectivity index (χ1v) is 7.08. The van der Waals surface area contributed by atoms with E-state index in [-0.39, 0.29) is 0 Å². The minimum atomic E-state index is 1.13. The van der Waals surface area contributed by atoms with Crippen LogP contribution in [0.4, 0.5) is 0 Å². The van der Waals surface area contributed by atoms with Gasteiger partial charge in [0.1, 0.15) is 0 Å². The molecule has 0 atom stereocenters. The Bertz CT molecular complexity index is 458. The number of thioether (sulfide) groups is 1. The van der Waals surface area contributed by atoms with Crippen LogP contribution in [0.15, 0.2) is 44.6 Å². The normalized spacial score (nSPS) is 15.7. The fourth-order valence-electron chi connectivity index (χ4n) is 1.74. The van der Waals surface area contributed by atoms with Gasteiger partial charge in [0, 0.05) is 14.3 Å². The van der Waals surface area contributed by atoms with Crippen LogP contribution in [0.25, 0.3) is 0 Å². The molecular weight excluding hydrogens is 280 g/mol. The lowest BCUT2D eigenvalue weighted by Gasteiger charge is -2.12. The molecule has 1 aliphatic rings. The number of rotatable bonds is 2. The van der Waals surface area contributed by atoms with Crippen molar-refractivity contribution in [1.82, 2.24) is 0 Å². The summed E-state index contributed by atoms with van der Waals surface area (Å²) >= 11 is 5.51. The Kier molecular flexibility index (Phi) is 3.93. The molecule has 0 amide bonds. The van der Waals surface area contributed by atoms with E-state index in [0.717, 1.165) is 12.8 Å². The number of halogens is 1. The lowest BCUT2D eigenvalue weighted by atomic mass is 10.2. The third-order valence-electron chi connectivity index (χ3n) is 2.62. The van der Waals surface area contributed by atoms with Crippen LogP contribution in [-0.4, -0.2) is 0 Å². The molecule has 0 nitrogen and oxygen atoms in total. The molecule has 0 saturated heterocycles. The van der Waals surface area contributed by atoms with E-state index >= 15 is 0 Å². The summed E-state index contributed by atoms with van der Waals surface area (Å²) in [7, 11) is 0. The molecule has 0 heterocycles. The van der Waals surface area contributed by atoms with Crippen molar-refractivity contribution in [2.45, 2.75) is 31.6 Å². The van der Waals surface area contributed by atoms with Crippen molar-refractivity contribution in [3.8, 4) is 0 Å². The van der Waals surface area contributed by atoms with Crippen LogP contribution in [0.1, 0.15) is 24.0 Å². The maximum Gasteiger partial charge on any atom is 0.0220 e. The Hall–Kier alpha value is -0.470. The summed E-state index contributed by atoms with van der Waals surface area (Å²) < 4.78 is 1.33. The molecule has 1 aromatic rings. The third kappa shape index (κ3) is 2.80. The topological polar surface area (TPSA) is 0 Å². The Labute approximate surface area is 110 Å². The highest BCUT2D eigenvalue weighted by Crippen LogP contribution is 2.37. The molecule has 0 fully saturated rings. The van der Waals surface area contributed by atoms with Crippen molar-refractivity contribution in [2.24, 2.45) is 0 Å². The molecule has 0 aliphatic heterocycles. The molecule has 0 radical (unpaired) electrons. The predicted molar refractivity (Wildman–Crippen MR) is 76.1 cm³/mol. The van der Waals surface area contributed by atoms with E-state index < -0.39 is 0 Å². The smallest absolute Gasteiger partial charge is 0.0220 e. The van der Waals surface area contributed by atoms with Gasteiger partial charge in [0.25, 0.3) is 0 Å². The van der Waals surface area contributed by atoms with Crippen molar-refractivity contribution < 1.29 is 0 Å². The van der Waals surface area contributed by atoms with Crippen molar-refractivity contribution in [3.63, 3.8) is 0 Å². The van der Waals surface area contributed by atoms with E-state index in [0.29, 0.717) is 0 Å². The summed E-state index contributed by atoms with van der Waals surface area (Å²) in [4.78, 5) is 2.70. The Morgan fingerprint density at radius 3 is 2.75 bits per heavy atom. The van der Waals surface area contributed by atoms with Gasteiger partial charge in [-0.2, -0.15) is 0 Å². The molecule has 2 heteroatoms. The minimum Gasteiger partial charge on any atom is -0.0890 e. The molecule has 0 N–H and O–H groups in total. The molecule has 0 bridgehead atoms. The summed E-state index contributed by atoms with van der Waals surface area (Å²) in [6.07, 6.45) is 6.75. The number of hydrogen-bond acceptors (Lipinski definition) is 1. The second kappa shape index (κ2) is 5.24. The number of aryl methyl sites for hydroxylation is 2. The highest BCUT2D eigenvalue weighted by atomic mass is 79.9. The Balaban J connectivity index is 2.24. The lowest BCUT2D eigenvalue weighted by Crippen LogP contribution is -1.87. The molecule has 1 aromatic carbocycles. The van der Waals surface area contributed by atoms with Gasteiger partial charge in [-0.05, 0) is 38.3 Å². The molecule has 0 aromatic heterocycles. The van der Waals surface area contributed by atoms with Crippen molar-refractivity contribution in [1.29, 1.82) is 0 Å². The lowest BCUT2D eigenvalue weighted by molar-refractivity contribution is 1.02. The van der Waals surface area contributed by atoms with E-state index in [4.69, 9.17) is 0 Å². The fourth-order valence-corrected chi connectivity index (χ4v) is 3.31. The number of allylic oxidation sites excluding steroid dienone is 3. The van der Waals surface area contributed by atoms with E-state index in [1.54, 1.807) is 0 Å². The zero-order valence-electron chi connectivity index (χ0n) is 9.59. The fraction of sp³-hybridized carbons (Fsp3) is 0.286. The maximum absolute atomic E-state index is 3.66. The van der Waals surface area contributed by atoms with Crippen LogP contribution in [0, 0.1) is 13.8 Å². The van der Waals surface area contributed by atoms with Gasteiger partial charge in [-0.3, -0.25) is 0 Å². The average Bonchev–Trinajstić information content (AvgIpc) is 2.25. The van der Waals surface area contributed by atoms with E-state index in [1.165, 1.54) is 25.4 Å². The number of benzene rings is 1. The van der Waals surface area contributed by atoms with Gasteiger partial charge in [0.15, 0.2) is 0 Å². The molecule has 16 heavy (non-hydrogen) atoms. The Morgan fingerprint density at radius 2 is 2.06 bits per heavy atom. The predicted octanol–water partition coefficient (Wildman–Crippen LogP) is 5.35. The van der Waals surface area contributed by atoms with Crippen LogP contribution in [0.3, 0.4) is 0 Å². The van der Waals surface area contributed by atoms with Crippen LogP contribution in [0.5, 0.6) is 0 Å².